The van der Waals surface area contributed by atoms with E-state index in [0.29, 0.717) is 11.5 Å². The van der Waals surface area contributed by atoms with Crippen molar-refractivity contribution in [1.82, 2.24) is 0 Å². The van der Waals surface area contributed by atoms with Gasteiger partial charge in [-0.25, -0.2) is 0 Å². The Morgan fingerprint density at radius 3 is 0.961 bits per heavy atom. The number of hydrogen-bond acceptors (Lipinski definition) is 4. The van der Waals surface area contributed by atoms with Crippen LogP contribution >= 0.6 is 0 Å². The zero-order valence-corrected chi connectivity index (χ0v) is 34.3. The predicted octanol–water partition coefficient (Wildman–Crippen LogP) is 12.6. The SMILES string of the molecule is Cc1cc(Cc2cc(C)c(N=Cc3c(C(C)(C)C)ccc(C(C)(C)C)c3O)c(C)c2)cc(C)c1N=Cc1c(C(C)(C)C)ccc(C(C)(C)C)c1O. The summed E-state index contributed by atoms with van der Waals surface area (Å²) in [7, 11) is 0. The van der Waals surface area contributed by atoms with Gasteiger partial charge in [0.05, 0.1) is 11.4 Å². The number of phenolic OH excluding ortho intramolecular Hbond substituents is 2. The summed E-state index contributed by atoms with van der Waals surface area (Å²) in [5, 5.41) is 22.9. The van der Waals surface area contributed by atoms with Crippen LogP contribution in [0.1, 0.15) is 150 Å². The Labute approximate surface area is 308 Å². The van der Waals surface area contributed by atoms with Gasteiger partial charge in [0.25, 0.3) is 0 Å². The van der Waals surface area contributed by atoms with Crippen LogP contribution in [-0.4, -0.2) is 22.6 Å². The monoisotopic (exact) mass is 686 g/mol. The van der Waals surface area contributed by atoms with E-state index in [-0.39, 0.29) is 21.7 Å². The number of rotatable bonds is 6. The number of aryl methyl sites for hydroxylation is 4. The lowest BCUT2D eigenvalue weighted by molar-refractivity contribution is 0.441. The van der Waals surface area contributed by atoms with E-state index in [4.69, 9.17) is 9.98 Å². The molecule has 4 aromatic rings. The molecule has 4 nitrogen and oxygen atoms in total. The van der Waals surface area contributed by atoms with Gasteiger partial charge in [0.2, 0.25) is 0 Å². The van der Waals surface area contributed by atoms with Gasteiger partial charge in [0.15, 0.2) is 0 Å². The maximum atomic E-state index is 11.4. The predicted molar refractivity (Wildman–Crippen MR) is 220 cm³/mol. The molecule has 0 amide bonds. The molecule has 0 unspecified atom stereocenters. The van der Waals surface area contributed by atoms with Crippen LogP contribution in [0.2, 0.25) is 0 Å². The second-order valence-electron chi connectivity index (χ2n) is 18.7. The molecule has 0 saturated heterocycles. The van der Waals surface area contributed by atoms with Crippen molar-refractivity contribution in [2.75, 3.05) is 0 Å². The summed E-state index contributed by atoms with van der Waals surface area (Å²) >= 11 is 0. The maximum Gasteiger partial charge on any atom is 0.128 e. The summed E-state index contributed by atoms with van der Waals surface area (Å²) in [5.74, 6) is 0.628. The third kappa shape index (κ3) is 8.83. The first-order valence-corrected chi connectivity index (χ1v) is 18.3. The minimum Gasteiger partial charge on any atom is -0.507 e. The first-order chi connectivity index (χ1) is 23.3. The minimum atomic E-state index is -0.186. The van der Waals surface area contributed by atoms with Crippen LogP contribution in [0.4, 0.5) is 11.4 Å². The molecule has 0 aromatic heterocycles. The molecule has 0 fully saturated rings. The van der Waals surface area contributed by atoms with Crippen LogP contribution in [0.15, 0.2) is 58.5 Å². The number of nitrogens with zero attached hydrogens (tertiary/aromatic N) is 2. The fraction of sp³-hybridized carbons (Fsp3) is 0.447. The van der Waals surface area contributed by atoms with Crippen LogP contribution in [0.3, 0.4) is 0 Å². The molecule has 4 rings (SSSR count). The van der Waals surface area contributed by atoms with E-state index in [1.807, 2.05) is 12.4 Å². The average molecular weight is 687 g/mol. The fourth-order valence-corrected chi connectivity index (χ4v) is 7.19. The Hall–Kier alpha value is -4.18. The lowest BCUT2D eigenvalue weighted by Gasteiger charge is -2.27. The highest BCUT2D eigenvalue weighted by Crippen LogP contribution is 2.40. The van der Waals surface area contributed by atoms with Crippen LogP contribution in [0.25, 0.3) is 0 Å². The van der Waals surface area contributed by atoms with E-state index in [0.717, 1.165) is 73.4 Å². The van der Waals surface area contributed by atoms with E-state index in [1.165, 1.54) is 11.1 Å². The first kappa shape index (κ1) is 39.6. The lowest BCUT2D eigenvalue weighted by atomic mass is 9.79. The van der Waals surface area contributed by atoms with Gasteiger partial charge < -0.3 is 10.2 Å². The standard InChI is InChI=1S/C47H62N2O2/c1-28-21-32(22-29(2)40(28)48-26-34-36(44(5,6)7)17-19-38(42(34)50)46(11,12)13)25-33-23-30(3)41(31(4)24-33)49-27-35-37(45(8,9)10)18-20-39(43(35)51)47(14,15)16/h17-24,26-27,50-51H,25H2,1-16H3. The molecule has 4 heteroatoms. The highest BCUT2D eigenvalue weighted by atomic mass is 16.3. The Morgan fingerprint density at radius 1 is 0.451 bits per heavy atom. The smallest absolute Gasteiger partial charge is 0.128 e. The van der Waals surface area contributed by atoms with E-state index < -0.39 is 0 Å². The van der Waals surface area contributed by atoms with Gasteiger partial charge in [-0.2, -0.15) is 0 Å². The first-order valence-electron chi connectivity index (χ1n) is 18.3. The van der Waals surface area contributed by atoms with Crippen molar-refractivity contribution < 1.29 is 10.2 Å². The molecular weight excluding hydrogens is 625 g/mol. The quantitative estimate of drug-likeness (QED) is 0.198. The molecular formula is C47H62N2O2. The zero-order valence-electron chi connectivity index (χ0n) is 34.3. The van der Waals surface area contributed by atoms with Crippen molar-refractivity contribution in [1.29, 1.82) is 0 Å². The molecule has 4 aromatic carbocycles. The van der Waals surface area contributed by atoms with E-state index in [9.17, 15) is 10.2 Å². The lowest BCUT2D eigenvalue weighted by Crippen LogP contribution is -2.18. The maximum absolute atomic E-state index is 11.4. The van der Waals surface area contributed by atoms with E-state index in [2.05, 4.69) is 159 Å². The van der Waals surface area contributed by atoms with E-state index in [1.54, 1.807) is 0 Å². The van der Waals surface area contributed by atoms with Gasteiger partial charge in [-0.3, -0.25) is 9.98 Å². The van der Waals surface area contributed by atoms with Crippen LogP contribution < -0.4 is 0 Å². The largest absolute Gasteiger partial charge is 0.507 e. The molecule has 2 N–H and O–H groups in total. The number of hydrogen-bond donors (Lipinski definition) is 2. The highest BCUT2D eigenvalue weighted by Gasteiger charge is 2.27. The summed E-state index contributed by atoms with van der Waals surface area (Å²) < 4.78 is 0. The molecule has 272 valence electrons. The number of phenols is 2. The van der Waals surface area contributed by atoms with Crippen molar-refractivity contribution in [2.24, 2.45) is 9.98 Å². The van der Waals surface area contributed by atoms with Crippen LogP contribution in [0, 0.1) is 27.7 Å². The second kappa shape index (κ2) is 14.1. The van der Waals surface area contributed by atoms with Gasteiger partial charge in [-0.15, -0.1) is 0 Å². The Morgan fingerprint density at radius 2 is 0.706 bits per heavy atom. The second-order valence-corrected chi connectivity index (χ2v) is 18.7. The third-order valence-corrected chi connectivity index (χ3v) is 9.82. The van der Waals surface area contributed by atoms with Gasteiger partial charge >= 0.3 is 0 Å². The fourth-order valence-electron chi connectivity index (χ4n) is 7.19. The molecule has 0 bridgehead atoms. The molecule has 0 heterocycles. The topological polar surface area (TPSA) is 65.2 Å². The normalized spacial score (nSPS) is 13.2. The third-order valence-electron chi connectivity index (χ3n) is 9.82. The van der Waals surface area contributed by atoms with Gasteiger partial charge in [-0.05, 0) is 111 Å². The van der Waals surface area contributed by atoms with Crippen LogP contribution in [-0.2, 0) is 28.1 Å². The molecule has 51 heavy (non-hydrogen) atoms. The van der Waals surface area contributed by atoms with Gasteiger partial charge in [0.1, 0.15) is 11.5 Å². The summed E-state index contributed by atoms with van der Waals surface area (Å²) in [4.78, 5) is 9.99. The molecule has 0 spiro atoms. The number of benzene rings is 4. The Bertz CT molecular complexity index is 1810. The molecule has 0 atom stereocenters. The zero-order chi connectivity index (χ0) is 38.4. The molecule has 0 aliphatic rings. The Kier molecular flexibility index (Phi) is 10.9. The Balaban J connectivity index is 1.66. The minimum absolute atomic E-state index is 0.144. The van der Waals surface area contributed by atoms with Gasteiger partial charge in [-0.1, -0.05) is 132 Å². The van der Waals surface area contributed by atoms with Crippen molar-refractivity contribution in [2.45, 2.75) is 139 Å². The van der Waals surface area contributed by atoms with Crippen molar-refractivity contribution in [3.63, 3.8) is 0 Å². The number of aromatic hydroxyl groups is 2. The van der Waals surface area contributed by atoms with Crippen LogP contribution in [0.5, 0.6) is 11.5 Å². The molecule has 0 aliphatic carbocycles. The summed E-state index contributed by atoms with van der Waals surface area (Å²) in [6, 6.07) is 17.3. The summed E-state index contributed by atoms with van der Waals surface area (Å²) in [5.41, 5.74) is 13.7. The van der Waals surface area contributed by atoms with Crippen molar-refractivity contribution in [3.05, 3.63) is 115 Å². The van der Waals surface area contributed by atoms with Gasteiger partial charge in [0, 0.05) is 23.6 Å². The summed E-state index contributed by atoms with van der Waals surface area (Å²) in [6.07, 6.45) is 4.51. The van der Waals surface area contributed by atoms with Crippen molar-refractivity contribution >= 4 is 23.8 Å². The molecule has 0 aliphatic heterocycles. The van der Waals surface area contributed by atoms with E-state index >= 15 is 0 Å². The molecule has 0 saturated carbocycles. The molecule has 0 radical (unpaired) electrons. The summed E-state index contributed by atoms with van der Waals surface area (Å²) in [6.45, 7) is 34.2. The highest BCUT2D eigenvalue weighted by molar-refractivity contribution is 5.90. The van der Waals surface area contributed by atoms with Crippen molar-refractivity contribution in [3.8, 4) is 11.5 Å². The number of aliphatic imine (C=N–C) groups is 2. The average Bonchev–Trinajstić information content (AvgIpc) is 2.95.